The summed E-state index contributed by atoms with van der Waals surface area (Å²) in [4.78, 5) is 61.6. The summed E-state index contributed by atoms with van der Waals surface area (Å²) in [5.41, 5.74) is 7.19. The Bertz CT molecular complexity index is 1480. The molecule has 10 unspecified atom stereocenters. The second kappa shape index (κ2) is 12.5. The predicted octanol–water partition coefficient (Wildman–Crippen LogP) is 0.963. The molecule has 7 aliphatic rings. The molecule has 3 N–H and O–H groups in total. The minimum absolute atomic E-state index is 0.00779. The fourth-order valence-electron chi connectivity index (χ4n) is 9.59. The molecule has 4 aliphatic heterocycles. The SMILES string of the molecule is NC1CCN(C2C(F)CC3C(=O)C(C(=O)NCCCN4CCOCC4)=CN4C5CC6C(=O)c7ccccc7C(=O)C6CC5OC2C34)C1. The lowest BCUT2D eigenvalue weighted by atomic mass is 9.63. The Labute approximate surface area is 273 Å². The first-order valence-corrected chi connectivity index (χ1v) is 17.4. The Morgan fingerprint density at radius 2 is 1.66 bits per heavy atom. The number of carbonyl (C=O) groups excluding carboxylic acids is 4. The number of halogens is 1. The number of carbonyl (C=O) groups is 4. The Morgan fingerprint density at radius 3 is 2.36 bits per heavy atom. The number of rotatable bonds is 6. The van der Waals surface area contributed by atoms with Crippen molar-refractivity contribution in [1.82, 2.24) is 20.0 Å². The summed E-state index contributed by atoms with van der Waals surface area (Å²) in [6, 6.07) is 5.53. The molecule has 2 saturated carbocycles. The van der Waals surface area contributed by atoms with Crippen LogP contribution in [0.25, 0.3) is 0 Å². The highest BCUT2D eigenvalue weighted by Crippen LogP contribution is 2.50. The van der Waals surface area contributed by atoms with Crippen LogP contribution in [0, 0.1) is 17.8 Å². The van der Waals surface area contributed by atoms with E-state index < -0.39 is 54.1 Å². The van der Waals surface area contributed by atoms with Gasteiger partial charge in [0.25, 0.3) is 5.91 Å². The number of morpholine rings is 2. The van der Waals surface area contributed by atoms with E-state index in [1.54, 1.807) is 30.5 Å². The maximum absolute atomic E-state index is 16.3. The molecule has 12 heteroatoms. The average molecular weight is 650 g/mol. The van der Waals surface area contributed by atoms with Gasteiger partial charge in [-0.15, -0.1) is 0 Å². The number of alkyl halides is 1. The summed E-state index contributed by atoms with van der Waals surface area (Å²) in [6.07, 6.45) is 1.39. The number of Topliss-reactive ketones (excluding diaryl/α,β-unsaturated/α-hetero) is 3. The van der Waals surface area contributed by atoms with Crippen molar-refractivity contribution in [3.05, 3.63) is 47.2 Å². The van der Waals surface area contributed by atoms with Crippen LogP contribution in [0.3, 0.4) is 0 Å². The summed E-state index contributed by atoms with van der Waals surface area (Å²) in [7, 11) is 0. The summed E-state index contributed by atoms with van der Waals surface area (Å²) >= 11 is 0. The summed E-state index contributed by atoms with van der Waals surface area (Å²) in [5, 5.41) is 2.94. The first-order valence-electron chi connectivity index (χ1n) is 17.4. The van der Waals surface area contributed by atoms with E-state index in [1.165, 1.54) is 0 Å². The fraction of sp³-hybridized carbons (Fsp3) is 0.657. The van der Waals surface area contributed by atoms with Crippen LogP contribution in [-0.2, 0) is 19.1 Å². The molecule has 47 heavy (non-hydrogen) atoms. The number of nitrogens with one attached hydrogen (secondary N) is 1. The van der Waals surface area contributed by atoms with Gasteiger partial charge in [0.1, 0.15) is 6.17 Å². The Morgan fingerprint density at radius 1 is 0.936 bits per heavy atom. The van der Waals surface area contributed by atoms with Crippen molar-refractivity contribution in [2.24, 2.45) is 23.5 Å². The number of fused-ring (bicyclic) bond motifs is 4. The molecule has 0 radical (unpaired) electrons. The zero-order valence-electron chi connectivity index (χ0n) is 26.6. The Balaban J connectivity index is 1.09. The number of hydrogen-bond acceptors (Lipinski definition) is 10. The van der Waals surface area contributed by atoms with Crippen molar-refractivity contribution in [2.75, 3.05) is 52.5 Å². The predicted molar refractivity (Wildman–Crippen MR) is 168 cm³/mol. The highest BCUT2D eigenvalue weighted by atomic mass is 19.1. The van der Waals surface area contributed by atoms with E-state index in [1.807, 2.05) is 0 Å². The van der Waals surface area contributed by atoms with Crippen LogP contribution in [0.2, 0.25) is 0 Å². The minimum Gasteiger partial charge on any atom is -0.379 e. The van der Waals surface area contributed by atoms with Crippen molar-refractivity contribution >= 4 is 23.3 Å². The topological polar surface area (TPSA) is 135 Å². The lowest BCUT2D eigenvalue weighted by Crippen LogP contribution is -2.74. The Kier molecular flexibility index (Phi) is 8.28. The standard InChI is InChI=1S/C35H44FN5O6/c36-26-14-24-29-34(30(26)40-9-6-19(37)17-40)47-28-16-23-22(31(42)20-4-1-2-5-21(20)32(23)43)15-27(28)41(29)18-25(33(24)44)35(45)38-7-3-8-39-10-12-46-13-11-39/h1-2,4-5,18-19,22-24,26-30,34H,3,6-17,37H2,(H,38,45). The van der Waals surface area contributed by atoms with Gasteiger partial charge >= 0.3 is 0 Å². The van der Waals surface area contributed by atoms with E-state index in [0.29, 0.717) is 56.8 Å². The zero-order valence-corrected chi connectivity index (χ0v) is 26.6. The number of ether oxygens (including phenoxy) is 2. The van der Waals surface area contributed by atoms with Crippen LogP contribution >= 0.6 is 0 Å². The average Bonchev–Trinajstić information content (AvgIpc) is 3.51. The zero-order chi connectivity index (χ0) is 32.4. The summed E-state index contributed by atoms with van der Waals surface area (Å²) < 4.78 is 28.6. The van der Waals surface area contributed by atoms with E-state index >= 15 is 4.39 Å². The molecule has 3 aliphatic carbocycles. The quantitative estimate of drug-likeness (QED) is 0.339. The van der Waals surface area contributed by atoms with Crippen molar-refractivity contribution in [2.45, 2.75) is 74.7 Å². The second-order valence-corrected chi connectivity index (χ2v) is 14.5. The van der Waals surface area contributed by atoms with Crippen LogP contribution in [0.15, 0.2) is 36.0 Å². The normalized spacial score (nSPS) is 38.6. The Hall–Kier alpha value is -3.03. The molecule has 4 heterocycles. The molecule has 252 valence electrons. The molecular weight excluding hydrogens is 605 g/mol. The van der Waals surface area contributed by atoms with Gasteiger partial charge in [-0.3, -0.25) is 29.0 Å². The molecule has 0 spiro atoms. The highest BCUT2D eigenvalue weighted by molar-refractivity contribution is 6.20. The number of ketones is 3. The molecule has 0 aromatic heterocycles. The maximum Gasteiger partial charge on any atom is 0.256 e. The lowest BCUT2D eigenvalue weighted by Gasteiger charge is -2.61. The summed E-state index contributed by atoms with van der Waals surface area (Å²) in [5.74, 6) is -2.72. The van der Waals surface area contributed by atoms with Crippen molar-refractivity contribution in [1.29, 1.82) is 0 Å². The largest absolute Gasteiger partial charge is 0.379 e. The second-order valence-electron chi connectivity index (χ2n) is 14.5. The van der Waals surface area contributed by atoms with Crippen LogP contribution in [0.1, 0.15) is 52.8 Å². The smallest absolute Gasteiger partial charge is 0.256 e. The van der Waals surface area contributed by atoms with Gasteiger partial charge in [-0.1, -0.05) is 24.3 Å². The molecule has 3 saturated heterocycles. The van der Waals surface area contributed by atoms with Gasteiger partial charge in [0, 0.05) is 73.8 Å². The number of likely N-dealkylation sites (tertiary alicyclic amines) is 1. The number of hydrogen-bond donors (Lipinski definition) is 2. The third-order valence-corrected chi connectivity index (χ3v) is 11.9. The molecular formula is C35H44FN5O6. The van der Waals surface area contributed by atoms with Gasteiger partial charge in [-0.2, -0.15) is 0 Å². The molecule has 10 atom stereocenters. The van der Waals surface area contributed by atoms with Gasteiger partial charge in [0.05, 0.1) is 49.1 Å². The lowest BCUT2D eigenvalue weighted by molar-refractivity contribution is -0.214. The number of nitrogens with two attached hydrogens (primary N) is 1. The number of amides is 1. The minimum atomic E-state index is -1.34. The van der Waals surface area contributed by atoms with Gasteiger partial charge in [-0.05, 0) is 38.6 Å². The van der Waals surface area contributed by atoms with Crippen LogP contribution in [0.4, 0.5) is 4.39 Å². The third kappa shape index (κ3) is 5.36. The first-order chi connectivity index (χ1) is 22.8. The van der Waals surface area contributed by atoms with Gasteiger partial charge < -0.3 is 25.4 Å². The van der Waals surface area contributed by atoms with E-state index in [4.69, 9.17) is 15.2 Å². The van der Waals surface area contributed by atoms with E-state index in [0.717, 1.165) is 32.5 Å². The van der Waals surface area contributed by atoms with Crippen LogP contribution in [-0.4, -0.2) is 133 Å². The fourth-order valence-corrected chi connectivity index (χ4v) is 9.59. The summed E-state index contributed by atoms with van der Waals surface area (Å²) in [6.45, 7) is 5.55. The first kappa shape index (κ1) is 31.3. The maximum atomic E-state index is 16.3. The molecule has 1 aromatic rings. The molecule has 1 aromatic carbocycles. The number of nitrogens with zero attached hydrogens (tertiary/aromatic N) is 3. The van der Waals surface area contributed by atoms with Gasteiger partial charge in [0.15, 0.2) is 17.3 Å². The van der Waals surface area contributed by atoms with Crippen molar-refractivity contribution < 1.29 is 33.0 Å². The molecule has 1 amide bonds. The van der Waals surface area contributed by atoms with E-state index in [-0.39, 0.29) is 41.4 Å². The van der Waals surface area contributed by atoms with Crippen molar-refractivity contribution in [3.63, 3.8) is 0 Å². The van der Waals surface area contributed by atoms with E-state index in [9.17, 15) is 19.2 Å². The van der Waals surface area contributed by atoms with Crippen molar-refractivity contribution in [3.8, 4) is 0 Å². The van der Waals surface area contributed by atoms with Gasteiger partial charge in [-0.25, -0.2) is 4.39 Å². The monoisotopic (exact) mass is 649 g/mol. The molecule has 0 bridgehead atoms. The van der Waals surface area contributed by atoms with Crippen LogP contribution in [0.5, 0.6) is 0 Å². The molecule has 5 fully saturated rings. The highest BCUT2D eigenvalue weighted by Gasteiger charge is 2.62. The number of benzene rings is 1. The molecule has 8 rings (SSSR count). The van der Waals surface area contributed by atoms with Crippen LogP contribution < -0.4 is 11.1 Å². The third-order valence-electron chi connectivity index (χ3n) is 11.9. The van der Waals surface area contributed by atoms with E-state index in [2.05, 4.69) is 20.0 Å². The van der Waals surface area contributed by atoms with Gasteiger partial charge in [0.2, 0.25) is 0 Å². The molecule has 11 nitrogen and oxygen atoms in total.